The molecule has 356 valence electrons. The number of unbranched alkanes of at least 4 members (excludes halogenated alkanes) is 3. The second kappa shape index (κ2) is 33.0. The van der Waals surface area contributed by atoms with Gasteiger partial charge in [-0.25, -0.2) is 10.5 Å². The van der Waals surface area contributed by atoms with Gasteiger partial charge in [0, 0.05) is 87.6 Å². The van der Waals surface area contributed by atoms with E-state index < -0.39 is 11.9 Å². The van der Waals surface area contributed by atoms with Crippen LogP contribution in [0.3, 0.4) is 0 Å². The quantitative estimate of drug-likeness (QED) is 0.0247. The zero-order chi connectivity index (χ0) is 48.5. The molecule has 1 saturated heterocycles. The van der Waals surface area contributed by atoms with E-state index in [0.29, 0.717) is 44.8 Å². The molecule has 4 amide bonds. The maximum Gasteiger partial charge on any atom is 0.266 e. The van der Waals surface area contributed by atoms with E-state index in [4.69, 9.17) is 24.1 Å². The number of hydroxylamine groups is 1. The van der Waals surface area contributed by atoms with Gasteiger partial charge in [0.1, 0.15) is 6.04 Å². The smallest absolute Gasteiger partial charge is 0.266 e. The van der Waals surface area contributed by atoms with Gasteiger partial charge in [-0.15, -0.1) is 11.3 Å². The van der Waals surface area contributed by atoms with E-state index in [9.17, 15) is 14.4 Å². The second-order valence-electron chi connectivity index (χ2n) is 14.1. The number of benzene rings is 2. The van der Waals surface area contributed by atoms with E-state index in [1.165, 1.54) is 22.4 Å². The first-order valence-electron chi connectivity index (χ1n) is 21.1. The monoisotopic (exact) mass is 944 g/mol. The van der Waals surface area contributed by atoms with Crippen molar-refractivity contribution in [1.82, 2.24) is 24.7 Å². The number of nitrogens with two attached hydrogens (primary N) is 3. The number of carbonyl (C=O) groups excluding carboxylic acids is 5. The van der Waals surface area contributed by atoms with Crippen LogP contribution in [-0.4, -0.2) is 110 Å². The topological polar surface area (TPSA) is 251 Å². The Morgan fingerprint density at radius 3 is 2.50 bits per heavy atom. The van der Waals surface area contributed by atoms with Gasteiger partial charge in [-0.05, 0) is 97.2 Å². The minimum Gasteiger partial charge on any atom is -0.405 e. The molecule has 3 heterocycles. The zero-order valence-corrected chi connectivity index (χ0v) is 39.8. The number of thiazole rings is 1. The molecule has 5 rings (SSSR count). The molecule has 0 bridgehead atoms. The van der Waals surface area contributed by atoms with Gasteiger partial charge in [0.2, 0.25) is 12.8 Å². The first-order valence-corrected chi connectivity index (χ1v) is 23.2. The molecule has 0 aliphatic carbocycles. The fraction of sp³-hybridized carbons (Fsp3) is 0.340. The lowest BCUT2D eigenvalue weighted by molar-refractivity contribution is -0.145. The molecule has 2 aromatic heterocycles. The molecule has 1 atom stereocenters. The summed E-state index contributed by atoms with van der Waals surface area (Å²) in [5.41, 5.74) is 23.0. The lowest BCUT2D eigenvalue weighted by atomic mass is 10.0. The van der Waals surface area contributed by atoms with Crippen LogP contribution < -0.4 is 33.3 Å². The Balaban J connectivity index is 0.00000153. The molecule has 0 radical (unpaired) electrons. The highest BCUT2D eigenvalue weighted by molar-refractivity contribution is 7.97. The van der Waals surface area contributed by atoms with Crippen molar-refractivity contribution in [2.45, 2.75) is 51.5 Å². The molecule has 1 fully saturated rings. The number of aliphatic imine (C=N–C) groups is 1. The standard InChI is InChI=1S/C43H53N7O5S2.C2H5N.2CH3NO/c1-31-25-32(28-50(31)56-4)26-41-47-39(30-57-41)35-12-9-11-34(27-35)33(15-19-44-2)16-20-45-18-7-5-6-8-22-54-24-21-46-38-14-10-13-36(37(38)29-51)43(53)49(3)40-17-23-55-48-42(40)52;1-2-3;2*2-1-3/h9-16,19-20,25,27-30,40,45-46H,5-8,17-18,21-24,26H2,1-4H3,(H,48,52);2H,1,3H2;2*1H,(H2,2,3)/b20-16+,33-15+,44-19?;;;. The van der Waals surface area contributed by atoms with Crippen molar-refractivity contribution in [2.24, 2.45) is 22.2 Å². The van der Waals surface area contributed by atoms with Crippen LogP contribution in [0, 0.1) is 6.92 Å². The lowest BCUT2D eigenvalue weighted by Gasteiger charge is -2.30. The number of likely N-dealkylation sites (N-methyl/N-ethyl adjacent to an activating group) is 1. The molecule has 9 N–H and O–H groups in total. The highest BCUT2D eigenvalue weighted by Gasteiger charge is 2.31. The van der Waals surface area contributed by atoms with Crippen molar-refractivity contribution in [1.29, 1.82) is 0 Å². The Morgan fingerprint density at radius 1 is 1.09 bits per heavy atom. The van der Waals surface area contributed by atoms with E-state index in [1.807, 2.05) is 18.5 Å². The van der Waals surface area contributed by atoms with Crippen LogP contribution in [0.15, 0.2) is 96.2 Å². The molecule has 1 unspecified atom stereocenters. The number of nitrogens with zero attached hydrogens (tertiary/aromatic N) is 4. The van der Waals surface area contributed by atoms with Gasteiger partial charge in [-0.1, -0.05) is 43.7 Å². The number of ether oxygens (including phenoxy) is 1. The zero-order valence-electron chi connectivity index (χ0n) is 38.2. The highest BCUT2D eigenvalue weighted by atomic mass is 32.2. The summed E-state index contributed by atoms with van der Waals surface area (Å²) in [7, 11) is 3.33. The van der Waals surface area contributed by atoms with Crippen molar-refractivity contribution in [3.63, 3.8) is 0 Å². The van der Waals surface area contributed by atoms with Crippen molar-refractivity contribution in [3.05, 3.63) is 124 Å². The van der Waals surface area contributed by atoms with E-state index in [2.05, 4.69) is 110 Å². The number of anilines is 1. The molecule has 1 aliphatic heterocycles. The number of aryl methyl sites for hydroxylation is 1. The number of aldehydes is 1. The predicted molar refractivity (Wildman–Crippen MR) is 267 cm³/mol. The van der Waals surface area contributed by atoms with Crippen LogP contribution in [0.4, 0.5) is 5.69 Å². The minimum absolute atomic E-state index is 0.237. The Labute approximate surface area is 396 Å². The third-order valence-corrected chi connectivity index (χ3v) is 11.2. The summed E-state index contributed by atoms with van der Waals surface area (Å²) in [6.07, 6.45) is 20.0. The summed E-state index contributed by atoms with van der Waals surface area (Å²) >= 11 is 3.40. The van der Waals surface area contributed by atoms with E-state index in [1.54, 1.807) is 55.6 Å². The average molecular weight is 945 g/mol. The maximum absolute atomic E-state index is 13.2. The van der Waals surface area contributed by atoms with Crippen molar-refractivity contribution in [3.8, 4) is 11.3 Å². The van der Waals surface area contributed by atoms with E-state index >= 15 is 0 Å². The molecular formula is C47H64N10O7S2. The number of hydrogen-bond acceptors (Lipinski definition) is 14. The molecule has 2 aromatic carbocycles. The van der Waals surface area contributed by atoms with E-state index in [0.717, 1.165) is 66.1 Å². The Kier molecular flexibility index (Phi) is 27.8. The largest absolute Gasteiger partial charge is 0.405 e. The van der Waals surface area contributed by atoms with Crippen LogP contribution in [0.5, 0.6) is 0 Å². The third kappa shape index (κ3) is 19.3. The van der Waals surface area contributed by atoms with Gasteiger partial charge in [0.15, 0.2) is 6.29 Å². The number of primary amides is 2. The van der Waals surface area contributed by atoms with Gasteiger partial charge in [-0.3, -0.25) is 37.8 Å². The molecule has 4 aromatic rings. The fourth-order valence-electron chi connectivity index (χ4n) is 6.48. The Bertz CT molecular complexity index is 2190. The summed E-state index contributed by atoms with van der Waals surface area (Å²) < 4.78 is 8.01. The minimum atomic E-state index is -0.662. The SMILES string of the molecule is C=CN.CN=C/C=C(\C=C\NCCCCCCOCCNc1cccc(C(=O)N(C)C2CCONC2=O)c1C=O)c1cccc(-c2csc(Cc3cc(C)n(SC)c3)n2)c1.NC=O.NC=O. The highest BCUT2D eigenvalue weighted by Crippen LogP contribution is 2.28. The second-order valence-corrected chi connectivity index (χ2v) is 15.8. The number of nitrogens with one attached hydrogen (secondary N) is 3. The summed E-state index contributed by atoms with van der Waals surface area (Å²) in [6, 6.07) is 15.1. The normalized spacial score (nSPS) is 13.2. The van der Waals surface area contributed by atoms with Crippen LogP contribution in [-0.2, 0) is 30.4 Å². The fourth-order valence-corrected chi connectivity index (χ4v) is 7.90. The Morgan fingerprint density at radius 2 is 1.82 bits per heavy atom. The van der Waals surface area contributed by atoms with Gasteiger partial charge < -0.3 is 37.5 Å². The van der Waals surface area contributed by atoms with Gasteiger partial charge in [-0.2, -0.15) is 0 Å². The summed E-state index contributed by atoms with van der Waals surface area (Å²) in [5, 5.41) is 9.89. The predicted octanol–water partition coefficient (Wildman–Crippen LogP) is 5.51. The van der Waals surface area contributed by atoms with Crippen LogP contribution in [0.2, 0.25) is 0 Å². The number of hydrogen-bond donors (Lipinski definition) is 6. The molecule has 0 spiro atoms. The molecule has 66 heavy (non-hydrogen) atoms. The van der Waals surface area contributed by atoms with Crippen molar-refractivity contribution >= 4 is 71.7 Å². The Hall–Kier alpha value is -6.54. The lowest BCUT2D eigenvalue weighted by Crippen LogP contribution is -2.51. The number of aromatic nitrogens is 2. The van der Waals surface area contributed by atoms with Crippen molar-refractivity contribution < 1.29 is 33.5 Å². The number of carbonyl (C=O) groups is 5. The summed E-state index contributed by atoms with van der Waals surface area (Å²) in [6.45, 7) is 8.04. The molecule has 19 heteroatoms. The van der Waals surface area contributed by atoms with Gasteiger partial charge >= 0.3 is 0 Å². The van der Waals surface area contributed by atoms with Crippen LogP contribution >= 0.6 is 23.3 Å². The first kappa shape index (κ1) is 55.6. The third-order valence-electron chi connectivity index (χ3n) is 9.54. The molecule has 0 saturated carbocycles. The first-order chi connectivity index (χ1) is 32.1. The van der Waals surface area contributed by atoms with Gasteiger partial charge in [0.25, 0.3) is 11.8 Å². The average Bonchev–Trinajstić information content (AvgIpc) is 3.94. The van der Waals surface area contributed by atoms with E-state index in [-0.39, 0.29) is 29.9 Å². The maximum atomic E-state index is 13.2. The number of rotatable bonds is 22. The summed E-state index contributed by atoms with van der Waals surface area (Å²) in [4.78, 5) is 70.0. The molecule has 17 nitrogen and oxygen atoms in total. The number of allylic oxidation sites excluding steroid dienone is 3. The summed E-state index contributed by atoms with van der Waals surface area (Å²) in [5.74, 6) is -0.786. The van der Waals surface area contributed by atoms with Gasteiger partial charge in [0.05, 0.1) is 35.0 Å². The van der Waals surface area contributed by atoms with Crippen molar-refractivity contribution in [2.75, 3.05) is 58.6 Å². The van der Waals surface area contributed by atoms with Crippen LogP contribution in [0.1, 0.15) is 74.6 Å². The van der Waals surface area contributed by atoms with Crippen LogP contribution in [0.25, 0.3) is 16.8 Å². The molecular weight excluding hydrogens is 881 g/mol. The molecule has 1 aliphatic rings. The number of amides is 4.